The second kappa shape index (κ2) is 6.11. The second-order valence-corrected chi connectivity index (χ2v) is 8.56. The highest BCUT2D eigenvalue weighted by Gasteiger charge is 2.57. The predicted molar refractivity (Wildman–Crippen MR) is 68.5 cm³/mol. The quantitative estimate of drug-likeness (QED) is 0.353. The van der Waals surface area contributed by atoms with E-state index in [-0.39, 0.29) is 0 Å². The summed E-state index contributed by atoms with van der Waals surface area (Å²) in [5, 5.41) is -0.445. The molecule has 132 valence electrons. The van der Waals surface area contributed by atoms with E-state index in [1.165, 1.54) is 6.07 Å². The lowest BCUT2D eigenvalue weighted by Crippen LogP contribution is -2.49. The molecule has 1 atom stereocenters. The molecule has 1 rings (SSSR count). The fourth-order valence-electron chi connectivity index (χ4n) is 1.30. The molecule has 1 unspecified atom stereocenters. The maximum absolute atomic E-state index is 12.6. The molecule has 1 aromatic heterocycles. The maximum Gasteiger partial charge on any atom is 0.502 e. The summed E-state index contributed by atoms with van der Waals surface area (Å²) in [6, 6.07) is 3.42. The van der Waals surface area contributed by atoms with Crippen molar-refractivity contribution in [2.75, 3.05) is 0 Å². The molecule has 0 radical (unpaired) electrons. The summed E-state index contributed by atoms with van der Waals surface area (Å²) >= 11 is 5.51. The molecule has 23 heavy (non-hydrogen) atoms. The summed E-state index contributed by atoms with van der Waals surface area (Å²) in [5.74, 6) is 0. The highest BCUT2D eigenvalue weighted by Crippen LogP contribution is 2.31. The van der Waals surface area contributed by atoms with E-state index in [0.717, 1.165) is 18.3 Å². The third-order valence-corrected chi connectivity index (χ3v) is 6.80. The van der Waals surface area contributed by atoms with Crippen molar-refractivity contribution < 1.29 is 48.1 Å². The van der Waals surface area contributed by atoms with Crippen molar-refractivity contribution in [2.45, 2.75) is 17.6 Å². The van der Waals surface area contributed by atoms with Crippen LogP contribution in [0.25, 0.3) is 0 Å². The van der Waals surface area contributed by atoms with E-state index >= 15 is 0 Å². The largest absolute Gasteiger partial charge is 0.502 e. The van der Waals surface area contributed by atoms with Crippen LogP contribution in [0.15, 0.2) is 24.4 Å². The van der Waals surface area contributed by atoms with E-state index in [4.69, 9.17) is 16.2 Å². The van der Waals surface area contributed by atoms with Gasteiger partial charge in [0.05, 0.1) is 0 Å². The zero-order chi connectivity index (χ0) is 18.3. The minimum absolute atomic E-state index is 0.445. The third kappa shape index (κ3) is 3.89. The summed E-state index contributed by atoms with van der Waals surface area (Å²) < 4.78 is 116. The molecule has 0 bridgehead atoms. The Labute approximate surface area is 131 Å². The van der Waals surface area contributed by atoms with E-state index in [2.05, 4.69) is 0 Å². The molecule has 0 saturated carbocycles. The Balaban J connectivity index is 3.78. The lowest BCUT2D eigenvalue weighted by atomic mass is 10.5. The van der Waals surface area contributed by atoms with E-state index in [1.54, 1.807) is 0 Å². The van der Waals surface area contributed by atoms with Crippen LogP contribution in [0.3, 0.4) is 0 Å². The summed E-state index contributed by atoms with van der Waals surface area (Å²) in [7, 11) is -13.2. The Bertz CT molecular complexity index is 823. The topological polar surface area (TPSA) is 75.3 Å². The highest BCUT2D eigenvalue weighted by molar-refractivity contribution is 8.22. The van der Waals surface area contributed by atoms with Crippen molar-refractivity contribution in [3.8, 4) is 0 Å². The molecule has 0 aliphatic rings. The van der Waals surface area contributed by atoms with Gasteiger partial charge in [-0.05, 0) is 17.7 Å². The summed E-state index contributed by atoms with van der Waals surface area (Å²) in [5.41, 5.74) is -12.3. The maximum atomic E-state index is 12.6. The van der Waals surface area contributed by atoms with Gasteiger partial charge in [-0.3, -0.25) is 0 Å². The van der Waals surface area contributed by atoms with Crippen LogP contribution in [-0.2, 0) is 26.2 Å². The number of halogens is 7. The first kappa shape index (κ1) is 20.0. The average molecular weight is 407 g/mol. The van der Waals surface area contributed by atoms with E-state index in [1.807, 2.05) is 0 Å². The van der Waals surface area contributed by atoms with Gasteiger partial charge in [-0.2, -0.15) is 30.9 Å². The van der Waals surface area contributed by atoms with Gasteiger partial charge in [0.15, 0.2) is 12.7 Å². The molecular weight excluding hydrogens is 400 g/mol. The summed E-state index contributed by atoms with van der Waals surface area (Å²) in [4.78, 5) is 0. The van der Waals surface area contributed by atoms with E-state index in [0.29, 0.717) is 4.57 Å². The Kier molecular flexibility index (Phi) is 5.31. The molecular formula is C9H7ClF6NO4S2+. The van der Waals surface area contributed by atoms with Crippen molar-refractivity contribution in [3.05, 3.63) is 29.5 Å². The number of rotatable bonds is 2. The van der Waals surface area contributed by atoms with E-state index in [9.17, 15) is 39.0 Å². The number of pyridine rings is 1. The molecule has 1 aromatic rings. The third-order valence-electron chi connectivity index (χ3n) is 2.41. The van der Waals surface area contributed by atoms with Gasteiger partial charge < -0.3 is 4.55 Å². The first-order chi connectivity index (χ1) is 10.1. The summed E-state index contributed by atoms with van der Waals surface area (Å²) in [6.07, 6.45) is 0.847. The van der Waals surface area contributed by atoms with Gasteiger partial charge in [0.1, 0.15) is 0 Å². The van der Waals surface area contributed by atoms with Crippen LogP contribution in [0.5, 0.6) is 0 Å². The minimum atomic E-state index is -6.70. The van der Waals surface area contributed by atoms with Gasteiger partial charge in [-0.15, -0.1) is 0 Å². The van der Waals surface area contributed by atoms with Crippen LogP contribution >= 0.6 is 11.6 Å². The number of nitrogens with zero attached hydrogens (tertiary/aromatic N) is 1. The van der Waals surface area contributed by atoms with Gasteiger partial charge in [0, 0.05) is 12.1 Å². The Morgan fingerprint density at radius 1 is 1.09 bits per heavy atom. The van der Waals surface area contributed by atoms with Crippen LogP contribution in [-0.4, -0.2) is 32.4 Å². The van der Waals surface area contributed by atoms with Crippen LogP contribution in [0.1, 0.15) is 0 Å². The second-order valence-electron chi connectivity index (χ2n) is 3.94. The fourth-order valence-corrected chi connectivity index (χ4v) is 4.39. The van der Waals surface area contributed by atoms with Gasteiger partial charge in [0.2, 0.25) is 14.0 Å². The number of sulfone groups is 1. The molecule has 0 aliphatic heterocycles. The Morgan fingerprint density at radius 2 is 1.61 bits per heavy atom. The van der Waals surface area contributed by atoms with Crippen molar-refractivity contribution >= 4 is 35.4 Å². The highest BCUT2D eigenvalue weighted by atomic mass is 35.5. The Morgan fingerprint density at radius 3 is 2.00 bits per heavy atom. The number of hydrogen-bond donors (Lipinski definition) is 1. The minimum Gasteiger partial charge on any atom is -0.306 e. The van der Waals surface area contributed by atoms with Gasteiger partial charge in [0.25, 0.3) is 15.0 Å². The molecule has 0 fully saturated rings. The van der Waals surface area contributed by atoms with Crippen molar-refractivity contribution in [1.82, 2.24) is 0 Å². The molecule has 14 heteroatoms. The normalized spacial score (nSPS) is 16.0. The smallest absolute Gasteiger partial charge is 0.306 e. The standard InChI is InChI=1S/C9H6ClF6NO4S2/c10-6-3-1-2-4-17(6)5-7(22(18,19)8(11,12)13)23(20,21)9(14,15)16/h1-4H,5H2/p+1. The van der Waals surface area contributed by atoms with Crippen LogP contribution in [0, 0.1) is 0 Å². The molecule has 1 heterocycles. The first-order valence-electron chi connectivity index (χ1n) is 5.26. The SMILES string of the molecule is O=S(=O)(C(C[n+]1ccccc1Cl)=S(=O)(O)C(F)(F)F)C(F)(F)F. The van der Waals surface area contributed by atoms with Crippen LogP contribution < -0.4 is 4.57 Å². The van der Waals surface area contributed by atoms with Gasteiger partial charge in [-0.25, -0.2) is 12.6 Å². The lowest BCUT2D eigenvalue weighted by Gasteiger charge is -2.15. The van der Waals surface area contributed by atoms with Crippen LogP contribution in [0.4, 0.5) is 26.3 Å². The number of alkyl halides is 6. The Hall–Kier alpha value is -1.05. The molecule has 5 nitrogen and oxygen atoms in total. The first-order valence-corrected chi connectivity index (χ1v) is 8.64. The van der Waals surface area contributed by atoms with Crippen LogP contribution in [0.2, 0.25) is 5.15 Å². The number of hydrogen-bond acceptors (Lipinski definition) is 3. The fraction of sp³-hybridized carbons (Fsp3) is 0.333. The zero-order valence-corrected chi connectivity index (χ0v) is 13.0. The average Bonchev–Trinajstić information content (AvgIpc) is 2.34. The molecule has 0 amide bonds. The molecule has 0 aromatic carbocycles. The van der Waals surface area contributed by atoms with Crippen molar-refractivity contribution in [2.24, 2.45) is 0 Å². The molecule has 0 saturated heterocycles. The predicted octanol–water partition coefficient (Wildman–Crippen LogP) is 1.97. The number of aromatic nitrogens is 1. The zero-order valence-electron chi connectivity index (χ0n) is 10.6. The van der Waals surface area contributed by atoms with Crippen molar-refractivity contribution in [1.29, 1.82) is 0 Å². The summed E-state index contributed by atoms with van der Waals surface area (Å²) in [6.45, 7) is -1.70. The van der Waals surface area contributed by atoms with Gasteiger partial charge in [-0.1, -0.05) is 0 Å². The molecule has 1 N–H and O–H groups in total. The van der Waals surface area contributed by atoms with E-state index < -0.39 is 46.6 Å². The molecule has 0 spiro atoms. The lowest BCUT2D eigenvalue weighted by molar-refractivity contribution is -0.678. The van der Waals surface area contributed by atoms with Gasteiger partial charge >= 0.3 is 11.0 Å². The molecule has 0 aliphatic carbocycles. The van der Waals surface area contributed by atoms with Crippen molar-refractivity contribution in [3.63, 3.8) is 0 Å². The monoisotopic (exact) mass is 406 g/mol.